The monoisotopic (exact) mass is 365 g/mol. The van der Waals surface area contributed by atoms with Crippen molar-refractivity contribution in [1.29, 1.82) is 0 Å². The molecule has 132 valence electrons. The first-order chi connectivity index (χ1) is 12.5. The van der Waals surface area contributed by atoms with Gasteiger partial charge in [0.15, 0.2) is 0 Å². The van der Waals surface area contributed by atoms with E-state index in [0.717, 1.165) is 16.9 Å². The second-order valence-electron chi connectivity index (χ2n) is 5.93. The quantitative estimate of drug-likeness (QED) is 0.712. The number of thiazole rings is 1. The van der Waals surface area contributed by atoms with Gasteiger partial charge in [-0.1, -0.05) is 35.9 Å². The van der Waals surface area contributed by atoms with Gasteiger partial charge in [0, 0.05) is 11.4 Å². The van der Waals surface area contributed by atoms with Crippen LogP contribution >= 0.6 is 11.3 Å². The van der Waals surface area contributed by atoms with Crippen molar-refractivity contribution in [1.82, 2.24) is 4.98 Å². The Bertz CT molecular complexity index is 918. The van der Waals surface area contributed by atoms with Gasteiger partial charge in [-0.3, -0.25) is 9.59 Å². The van der Waals surface area contributed by atoms with Gasteiger partial charge in [-0.25, -0.2) is 4.98 Å². The van der Waals surface area contributed by atoms with Gasteiger partial charge in [-0.15, -0.1) is 11.3 Å². The average Bonchev–Trinajstić information content (AvgIpc) is 2.98. The lowest BCUT2D eigenvalue weighted by Crippen LogP contribution is -2.14. The Labute approximate surface area is 156 Å². The van der Waals surface area contributed by atoms with Crippen molar-refractivity contribution in [2.45, 2.75) is 20.3 Å². The molecule has 0 aliphatic carbocycles. The molecule has 1 heterocycles. The van der Waals surface area contributed by atoms with Crippen LogP contribution in [0.25, 0.3) is 0 Å². The summed E-state index contributed by atoms with van der Waals surface area (Å²) in [7, 11) is 0. The number of benzene rings is 2. The number of rotatable bonds is 5. The number of anilines is 2. The van der Waals surface area contributed by atoms with E-state index in [1.807, 2.05) is 61.5 Å². The maximum Gasteiger partial charge on any atom is 0.267 e. The van der Waals surface area contributed by atoms with Crippen molar-refractivity contribution in [2.75, 3.05) is 10.6 Å². The summed E-state index contributed by atoms with van der Waals surface area (Å²) in [6.45, 7) is 3.77. The molecule has 5 nitrogen and oxygen atoms in total. The molecule has 1 aromatic heterocycles. The molecule has 6 heteroatoms. The molecular formula is C20H19N3O2S. The van der Waals surface area contributed by atoms with E-state index in [1.54, 1.807) is 6.92 Å². The Morgan fingerprint density at radius 1 is 0.923 bits per heavy atom. The largest absolute Gasteiger partial charge is 0.326 e. The van der Waals surface area contributed by atoms with Crippen LogP contribution in [0.2, 0.25) is 0 Å². The molecule has 0 radical (unpaired) electrons. The molecular weight excluding hydrogens is 346 g/mol. The Morgan fingerprint density at radius 3 is 2.27 bits per heavy atom. The minimum atomic E-state index is -0.212. The maximum atomic E-state index is 12.4. The van der Waals surface area contributed by atoms with E-state index >= 15 is 0 Å². The van der Waals surface area contributed by atoms with Gasteiger partial charge in [-0.2, -0.15) is 0 Å². The Balaban J connectivity index is 1.64. The smallest absolute Gasteiger partial charge is 0.267 e. The van der Waals surface area contributed by atoms with Gasteiger partial charge in [0.1, 0.15) is 9.88 Å². The van der Waals surface area contributed by atoms with E-state index in [1.165, 1.54) is 11.3 Å². The minimum absolute atomic E-state index is 0.137. The predicted molar refractivity (Wildman–Crippen MR) is 105 cm³/mol. The van der Waals surface area contributed by atoms with Crippen LogP contribution in [0.4, 0.5) is 11.4 Å². The first-order valence-corrected chi connectivity index (χ1v) is 9.02. The molecule has 26 heavy (non-hydrogen) atoms. The number of carbonyl (C=O) groups is 2. The fourth-order valence-electron chi connectivity index (χ4n) is 2.43. The molecule has 0 bridgehead atoms. The lowest BCUT2D eigenvalue weighted by molar-refractivity contribution is -0.115. The van der Waals surface area contributed by atoms with Crippen LogP contribution in [-0.2, 0) is 11.2 Å². The number of hydrogen-bond acceptors (Lipinski definition) is 4. The SMILES string of the molecule is Cc1ccc(NC(=O)Cc2nc(C)c(C(=O)Nc3ccccc3)s2)cc1. The van der Waals surface area contributed by atoms with Crippen LogP contribution in [-0.4, -0.2) is 16.8 Å². The number of aromatic nitrogens is 1. The van der Waals surface area contributed by atoms with Crippen LogP contribution in [0.3, 0.4) is 0 Å². The summed E-state index contributed by atoms with van der Waals surface area (Å²) in [5.41, 5.74) is 3.23. The van der Waals surface area contributed by atoms with Crippen molar-refractivity contribution in [2.24, 2.45) is 0 Å². The number of carbonyl (C=O) groups excluding carboxylic acids is 2. The molecule has 0 aliphatic heterocycles. The zero-order valence-corrected chi connectivity index (χ0v) is 15.4. The molecule has 0 fully saturated rings. The number of hydrogen-bond donors (Lipinski definition) is 2. The third-order valence-electron chi connectivity index (χ3n) is 3.73. The first kappa shape index (κ1) is 17.8. The Hall–Kier alpha value is -2.99. The lowest BCUT2D eigenvalue weighted by atomic mass is 10.2. The lowest BCUT2D eigenvalue weighted by Gasteiger charge is -2.04. The first-order valence-electron chi connectivity index (χ1n) is 8.20. The van der Waals surface area contributed by atoms with E-state index in [-0.39, 0.29) is 18.2 Å². The van der Waals surface area contributed by atoms with Crippen molar-refractivity contribution in [3.8, 4) is 0 Å². The van der Waals surface area contributed by atoms with Crippen LogP contribution in [0.5, 0.6) is 0 Å². The second-order valence-corrected chi connectivity index (χ2v) is 7.02. The zero-order valence-electron chi connectivity index (χ0n) is 14.6. The molecule has 3 rings (SSSR count). The fourth-order valence-corrected chi connectivity index (χ4v) is 3.39. The number of amides is 2. The summed E-state index contributed by atoms with van der Waals surface area (Å²) < 4.78 is 0. The van der Waals surface area contributed by atoms with Gasteiger partial charge >= 0.3 is 0 Å². The third kappa shape index (κ3) is 4.55. The summed E-state index contributed by atoms with van der Waals surface area (Å²) in [6, 6.07) is 16.8. The average molecular weight is 365 g/mol. The number of aryl methyl sites for hydroxylation is 2. The van der Waals surface area contributed by atoms with E-state index in [9.17, 15) is 9.59 Å². The summed E-state index contributed by atoms with van der Waals surface area (Å²) in [5, 5.41) is 6.30. The van der Waals surface area contributed by atoms with Gasteiger partial charge in [0.05, 0.1) is 12.1 Å². The summed E-state index contributed by atoms with van der Waals surface area (Å²) in [6.07, 6.45) is 0.137. The van der Waals surface area contributed by atoms with Gasteiger partial charge in [-0.05, 0) is 38.1 Å². The van der Waals surface area contributed by atoms with E-state index in [2.05, 4.69) is 15.6 Å². The molecule has 0 atom stereocenters. The topological polar surface area (TPSA) is 71.1 Å². The second kappa shape index (κ2) is 7.93. The fraction of sp³-hybridized carbons (Fsp3) is 0.150. The van der Waals surface area contributed by atoms with E-state index in [0.29, 0.717) is 15.6 Å². The zero-order chi connectivity index (χ0) is 18.5. The summed E-state index contributed by atoms with van der Waals surface area (Å²) in [4.78, 5) is 29.5. The summed E-state index contributed by atoms with van der Waals surface area (Å²) >= 11 is 1.24. The molecule has 0 saturated carbocycles. The number of para-hydroxylation sites is 1. The molecule has 0 unspecified atom stereocenters. The molecule has 2 amide bonds. The molecule has 2 N–H and O–H groups in total. The van der Waals surface area contributed by atoms with Crippen molar-refractivity contribution < 1.29 is 9.59 Å². The van der Waals surface area contributed by atoms with Crippen LogP contribution < -0.4 is 10.6 Å². The van der Waals surface area contributed by atoms with Gasteiger partial charge < -0.3 is 10.6 Å². The summed E-state index contributed by atoms with van der Waals surface area (Å²) in [5.74, 6) is -0.367. The molecule has 2 aromatic carbocycles. The number of nitrogens with zero attached hydrogens (tertiary/aromatic N) is 1. The minimum Gasteiger partial charge on any atom is -0.326 e. The normalized spacial score (nSPS) is 10.4. The Kier molecular flexibility index (Phi) is 5.43. The van der Waals surface area contributed by atoms with E-state index < -0.39 is 0 Å². The Morgan fingerprint density at radius 2 is 1.58 bits per heavy atom. The maximum absolute atomic E-state index is 12.4. The van der Waals surface area contributed by atoms with E-state index in [4.69, 9.17) is 0 Å². The van der Waals surface area contributed by atoms with Crippen LogP contribution in [0, 0.1) is 13.8 Å². The standard InChI is InChI=1S/C20H19N3O2S/c1-13-8-10-16(11-9-13)22-17(24)12-18-21-14(2)19(26-18)20(25)23-15-6-4-3-5-7-15/h3-11H,12H2,1-2H3,(H,22,24)(H,23,25). The molecule has 3 aromatic rings. The highest BCUT2D eigenvalue weighted by Gasteiger charge is 2.17. The van der Waals surface area contributed by atoms with Crippen molar-refractivity contribution >= 4 is 34.5 Å². The highest BCUT2D eigenvalue weighted by molar-refractivity contribution is 7.14. The van der Waals surface area contributed by atoms with Gasteiger partial charge in [0.25, 0.3) is 5.91 Å². The van der Waals surface area contributed by atoms with Crippen molar-refractivity contribution in [3.63, 3.8) is 0 Å². The highest BCUT2D eigenvalue weighted by Crippen LogP contribution is 2.21. The highest BCUT2D eigenvalue weighted by atomic mass is 32.1. The molecule has 0 aliphatic rings. The van der Waals surface area contributed by atoms with Crippen molar-refractivity contribution in [3.05, 3.63) is 75.7 Å². The molecule has 0 spiro atoms. The van der Waals surface area contributed by atoms with Crippen LogP contribution in [0.15, 0.2) is 54.6 Å². The number of nitrogens with one attached hydrogen (secondary N) is 2. The molecule has 0 saturated heterocycles. The van der Waals surface area contributed by atoms with Crippen LogP contribution in [0.1, 0.15) is 25.9 Å². The predicted octanol–water partition coefficient (Wildman–Crippen LogP) is 4.19. The van der Waals surface area contributed by atoms with Gasteiger partial charge in [0.2, 0.25) is 5.91 Å². The third-order valence-corrected chi connectivity index (χ3v) is 4.88.